The van der Waals surface area contributed by atoms with Gasteiger partial charge in [0, 0.05) is 13.2 Å². The molecule has 0 fully saturated rings. The lowest BCUT2D eigenvalue weighted by atomic mass is 10.1. The molecule has 0 saturated heterocycles. The molecule has 2 heterocycles. The predicted molar refractivity (Wildman–Crippen MR) is 48.2 cm³/mol. The minimum atomic E-state index is 0.816. The molecule has 2 rings (SSSR count). The second-order valence-electron chi connectivity index (χ2n) is 3.12. The van der Waals surface area contributed by atoms with Crippen LogP contribution in [0.2, 0.25) is 0 Å². The van der Waals surface area contributed by atoms with Crippen molar-refractivity contribution in [3.05, 3.63) is 24.0 Å². The molecule has 0 unspecified atom stereocenters. The number of hydrogen-bond donors (Lipinski definition) is 0. The van der Waals surface area contributed by atoms with Crippen LogP contribution in [0.3, 0.4) is 0 Å². The Balaban J connectivity index is 2.57. The highest BCUT2D eigenvalue weighted by Gasteiger charge is 2.12. The average molecular weight is 177 g/mol. The normalized spacial score (nSPS) is 10.7. The molecular formula is C9H11N3O. The number of aromatic nitrogens is 3. The third kappa shape index (κ3) is 1.24. The van der Waals surface area contributed by atoms with Gasteiger partial charge in [-0.05, 0) is 13.8 Å². The fourth-order valence-corrected chi connectivity index (χ4v) is 1.39. The molecule has 0 spiro atoms. The van der Waals surface area contributed by atoms with Gasteiger partial charge in [0.05, 0.1) is 23.3 Å². The van der Waals surface area contributed by atoms with E-state index < -0.39 is 0 Å². The van der Waals surface area contributed by atoms with Gasteiger partial charge in [0.25, 0.3) is 0 Å². The van der Waals surface area contributed by atoms with Gasteiger partial charge in [0.2, 0.25) is 0 Å². The van der Waals surface area contributed by atoms with E-state index in [1.165, 1.54) is 0 Å². The molecule has 0 amide bonds. The average Bonchev–Trinajstić information content (AvgIpc) is 2.60. The summed E-state index contributed by atoms with van der Waals surface area (Å²) >= 11 is 0. The lowest BCUT2D eigenvalue weighted by molar-refractivity contribution is 0.393. The number of hydrogen-bond acceptors (Lipinski definition) is 3. The molecule has 0 aliphatic rings. The van der Waals surface area contributed by atoms with E-state index in [0.29, 0.717) is 0 Å². The Morgan fingerprint density at radius 3 is 2.62 bits per heavy atom. The summed E-state index contributed by atoms with van der Waals surface area (Å²) < 4.78 is 6.96. The summed E-state index contributed by atoms with van der Waals surface area (Å²) in [5.41, 5.74) is 2.80. The second-order valence-corrected chi connectivity index (χ2v) is 3.12. The van der Waals surface area contributed by atoms with E-state index in [1.807, 2.05) is 31.7 Å². The molecule has 0 saturated carbocycles. The number of rotatable bonds is 1. The zero-order valence-corrected chi connectivity index (χ0v) is 7.90. The molecule has 0 aliphatic heterocycles. The van der Waals surface area contributed by atoms with Gasteiger partial charge in [-0.25, -0.2) is 4.98 Å². The summed E-state index contributed by atoms with van der Waals surface area (Å²) in [5.74, 6) is 0.816. The van der Waals surface area contributed by atoms with Crippen molar-refractivity contribution < 1.29 is 4.52 Å². The van der Waals surface area contributed by atoms with E-state index in [0.717, 1.165) is 22.7 Å². The van der Waals surface area contributed by atoms with Crippen LogP contribution < -0.4 is 0 Å². The Morgan fingerprint density at radius 1 is 1.38 bits per heavy atom. The van der Waals surface area contributed by atoms with Crippen LogP contribution in [-0.4, -0.2) is 14.7 Å². The van der Waals surface area contributed by atoms with Gasteiger partial charge >= 0.3 is 0 Å². The van der Waals surface area contributed by atoms with Crippen LogP contribution in [0.4, 0.5) is 0 Å². The van der Waals surface area contributed by atoms with E-state index in [4.69, 9.17) is 4.52 Å². The fourth-order valence-electron chi connectivity index (χ4n) is 1.39. The molecule has 0 aliphatic carbocycles. The topological polar surface area (TPSA) is 43.9 Å². The van der Waals surface area contributed by atoms with Crippen LogP contribution >= 0.6 is 0 Å². The van der Waals surface area contributed by atoms with Crippen molar-refractivity contribution in [1.29, 1.82) is 0 Å². The van der Waals surface area contributed by atoms with Crippen molar-refractivity contribution in [2.24, 2.45) is 7.05 Å². The van der Waals surface area contributed by atoms with Crippen molar-refractivity contribution in [1.82, 2.24) is 14.7 Å². The van der Waals surface area contributed by atoms with E-state index in [1.54, 1.807) is 6.33 Å². The first-order chi connectivity index (χ1) is 6.18. The maximum Gasteiger partial charge on any atom is 0.143 e. The Labute approximate surface area is 76.2 Å². The summed E-state index contributed by atoms with van der Waals surface area (Å²) in [6.07, 6.45) is 3.72. The molecule has 0 radical (unpaired) electrons. The lowest BCUT2D eigenvalue weighted by Gasteiger charge is -1.91. The van der Waals surface area contributed by atoms with Crippen molar-refractivity contribution in [3.8, 4) is 11.3 Å². The van der Waals surface area contributed by atoms with Crippen molar-refractivity contribution in [2.75, 3.05) is 0 Å². The van der Waals surface area contributed by atoms with Crippen LogP contribution in [-0.2, 0) is 7.05 Å². The Morgan fingerprint density at radius 2 is 2.15 bits per heavy atom. The van der Waals surface area contributed by atoms with Crippen molar-refractivity contribution in [2.45, 2.75) is 13.8 Å². The van der Waals surface area contributed by atoms with Gasteiger partial charge in [-0.15, -0.1) is 0 Å². The van der Waals surface area contributed by atoms with Crippen LogP contribution in [0.15, 0.2) is 17.0 Å². The summed E-state index contributed by atoms with van der Waals surface area (Å²) in [5, 5.41) is 3.88. The molecular weight excluding hydrogens is 166 g/mol. The molecule has 2 aromatic heterocycles. The quantitative estimate of drug-likeness (QED) is 0.665. The standard InChI is InChI=1S/C9H11N3O/c1-6-9(7(2)13-11-6)8-4-12(3)5-10-8/h4-5H,1-3H3. The zero-order chi connectivity index (χ0) is 9.42. The Hall–Kier alpha value is -1.58. The molecule has 0 aromatic carbocycles. The molecule has 68 valence electrons. The van der Waals surface area contributed by atoms with Crippen molar-refractivity contribution >= 4 is 0 Å². The molecule has 4 heteroatoms. The van der Waals surface area contributed by atoms with Crippen LogP contribution in [0.5, 0.6) is 0 Å². The van der Waals surface area contributed by atoms with Crippen LogP contribution in [0, 0.1) is 13.8 Å². The first-order valence-corrected chi connectivity index (χ1v) is 4.09. The Bertz CT molecular complexity index is 408. The SMILES string of the molecule is Cc1noc(C)c1-c1cn(C)cn1. The highest BCUT2D eigenvalue weighted by Crippen LogP contribution is 2.24. The first-order valence-electron chi connectivity index (χ1n) is 4.09. The number of imidazole rings is 1. The number of nitrogens with zero attached hydrogens (tertiary/aromatic N) is 3. The summed E-state index contributed by atoms with van der Waals surface area (Å²) in [6, 6.07) is 0. The van der Waals surface area contributed by atoms with Gasteiger partial charge in [0.1, 0.15) is 5.76 Å². The third-order valence-electron chi connectivity index (χ3n) is 1.99. The third-order valence-corrected chi connectivity index (χ3v) is 1.99. The summed E-state index contributed by atoms with van der Waals surface area (Å²) in [7, 11) is 1.94. The zero-order valence-electron chi connectivity index (χ0n) is 7.90. The monoisotopic (exact) mass is 177 g/mol. The fraction of sp³-hybridized carbons (Fsp3) is 0.333. The van der Waals surface area contributed by atoms with Gasteiger partial charge in [-0.2, -0.15) is 0 Å². The van der Waals surface area contributed by atoms with E-state index in [2.05, 4.69) is 10.1 Å². The summed E-state index contributed by atoms with van der Waals surface area (Å²) in [4.78, 5) is 4.24. The van der Waals surface area contributed by atoms with E-state index in [9.17, 15) is 0 Å². The second kappa shape index (κ2) is 2.73. The van der Waals surface area contributed by atoms with E-state index >= 15 is 0 Å². The van der Waals surface area contributed by atoms with Gasteiger partial charge < -0.3 is 9.09 Å². The Kier molecular flexibility index (Phi) is 1.69. The molecule has 0 atom stereocenters. The van der Waals surface area contributed by atoms with Gasteiger partial charge in [-0.1, -0.05) is 5.16 Å². The first kappa shape index (κ1) is 8.04. The largest absolute Gasteiger partial charge is 0.361 e. The van der Waals surface area contributed by atoms with E-state index in [-0.39, 0.29) is 0 Å². The van der Waals surface area contributed by atoms with Gasteiger partial charge in [0.15, 0.2) is 0 Å². The van der Waals surface area contributed by atoms with Crippen LogP contribution in [0.25, 0.3) is 11.3 Å². The maximum absolute atomic E-state index is 5.06. The molecule has 13 heavy (non-hydrogen) atoms. The minimum Gasteiger partial charge on any atom is -0.361 e. The predicted octanol–water partition coefficient (Wildman–Crippen LogP) is 1.69. The van der Waals surface area contributed by atoms with Crippen LogP contribution in [0.1, 0.15) is 11.5 Å². The lowest BCUT2D eigenvalue weighted by Crippen LogP contribution is -1.81. The molecule has 2 aromatic rings. The highest BCUT2D eigenvalue weighted by atomic mass is 16.5. The molecule has 0 N–H and O–H groups in total. The maximum atomic E-state index is 5.06. The highest BCUT2D eigenvalue weighted by molar-refractivity contribution is 5.62. The summed E-state index contributed by atoms with van der Waals surface area (Å²) in [6.45, 7) is 3.81. The minimum absolute atomic E-state index is 0.816. The van der Waals surface area contributed by atoms with Gasteiger partial charge in [-0.3, -0.25) is 0 Å². The van der Waals surface area contributed by atoms with Crippen molar-refractivity contribution in [3.63, 3.8) is 0 Å². The molecule has 0 bridgehead atoms. The number of aryl methyl sites for hydroxylation is 3. The smallest absolute Gasteiger partial charge is 0.143 e. The molecule has 4 nitrogen and oxygen atoms in total.